The number of carbonyl (C=O) groups is 1. The van der Waals surface area contributed by atoms with Crippen LogP contribution in [0.5, 0.6) is 0 Å². The van der Waals surface area contributed by atoms with Crippen LogP contribution in [-0.4, -0.2) is 50.1 Å². The Labute approximate surface area is 141 Å². The molecule has 0 aromatic carbocycles. The molecule has 0 spiro atoms. The van der Waals surface area contributed by atoms with E-state index in [0.717, 1.165) is 12.8 Å². The number of esters is 1. The number of hydroxylamine groups is 3. The summed E-state index contributed by atoms with van der Waals surface area (Å²) < 4.78 is 10.1. The molecule has 1 saturated heterocycles. The van der Waals surface area contributed by atoms with E-state index >= 15 is 0 Å². The minimum atomic E-state index is -0.286. The second-order valence-corrected chi connectivity index (χ2v) is 6.64. The SMILES string of the molecule is CCCCCCCCCCCC(=O)OCC[N+]1([O-])CCOCC1. The van der Waals surface area contributed by atoms with Gasteiger partial charge in [-0.3, -0.25) is 4.79 Å². The normalized spacial score (nSPS) is 17.1. The predicted molar refractivity (Wildman–Crippen MR) is 91.9 cm³/mol. The van der Waals surface area contributed by atoms with Crippen molar-refractivity contribution in [3.05, 3.63) is 5.21 Å². The maximum absolute atomic E-state index is 12.2. The molecule has 0 aromatic heterocycles. The van der Waals surface area contributed by atoms with Gasteiger partial charge in [0.2, 0.25) is 0 Å². The first kappa shape index (κ1) is 20.4. The molecular formula is C18H35NO4. The summed E-state index contributed by atoms with van der Waals surface area (Å²) in [6.45, 7) is 4.78. The smallest absolute Gasteiger partial charge is 0.305 e. The van der Waals surface area contributed by atoms with E-state index in [1.165, 1.54) is 44.9 Å². The number of carbonyl (C=O) groups excluding carboxylic acids is 1. The van der Waals surface area contributed by atoms with Crippen LogP contribution in [0.25, 0.3) is 0 Å². The first-order valence-corrected chi connectivity index (χ1v) is 9.47. The standard InChI is InChI=1S/C18H35NO4/c1-2-3-4-5-6-7-8-9-10-11-18(20)23-17-14-19(21)12-15-22-16-13-19/h2-17H2,1H3. The number of hydrogen-bond acceptors (Lipinski definition) is 4. The molecule has 1 aliphatic rings. The fraction of sp³-hybridized carbons (Fsp3) is 0.944. The van der Waals surface area contributed by atoms with Crippen molar-refractivity contribution in [3.8, 4) is 0 Å². The summed E-state index contributed by atoms with van der Waals surface area (Å²) in [4.78, 5) is 11.6. The molecule has 0 saturated carbocycles. The van der Waals surface area contributed by atoms with Crippen molar-refractivity contribution in [1.29, 1.82) is 0 Å². The second kappa shape index (κ2) is 12.7. The Morgan fingerprint density at radius 2 is 1.57 bits per heavy atom. The van der Waals surface area contributed by atoms with Gasteiger partial charge < -0.3 is 19.3 Å². The van der Waals surface area contributed by atoms with Gasteiger partial charge in [-0.05, 0) is 6.42 Å². The highest BCUT2D eigenvalue weighted by Crippen LogP contribution is 2.11. The molecule has 1 aliphatic heterocycles. The van der Waals surface area contributed by atoms with Gasteiger partial charge in [0.1, 0.15) is 26.2 Å². The molecule has 0 bridgehead atoms. The van der Waals surface area contributed by atoms with Crippen molar-refractivity contribution in [1.82, 2.24) is 0 Å². The molecule has 5 heteroatoms. The zero-order chi connectivity index (χ0) is 16.8. The van der Waals surface area contributed by atoms with Crippen molar-refractivity contribution >= 4 is 5.97 Å². The van der Waals surface area contributed by atoms with Crippen LogP contribution in [-0.2, 0) is 14.3 Å². The summed E-state index contributed by atoms with van der Waals surface area (Å²) in [5.74, 6) is -0.159. The summed E-state index contributed by atoms with van der Waals surface area (Å²) >= 11 is 0. The monoisotopic (exact) mass is 329 g/mol. The Morgan fingerprint density at radius 1 is 1.00 bits per heavy atom. The first-order valence-electron chi connectivity index (χ1n) is 9.47. The number of morpholine rings is 1. The van der Waals surface area contributed by atoms with E-state index in [-0.39, 0.29) is 17.2 Å². The summed E-state index contributed by atoms with van der Waals surface area (Å²) in [5.41, 5.74) is 0. The number of ether oxygens (including phenoxy) is 2. The van der Waals surface area contributed by atoms with E-state index in [0.29, 0.717) is 39.3 Å². The second-order valence-electron chi connectivity index (χ2n) is 6.64. The molecule has 0 aliphatic carbocycles. The highest BCUT2D eigenvalue weighted by Gasteiger charge is 2.21. The predicted octanol–water partition coefficient (Wildman–Crippen LogP) is 3.80. The summed E-state index contributed by atoms with van der Waals surface area (Å²) in [7, 11) is 0. The molecule has 23 heavy (non-hydrogen) atoms. The van der Waals surface area contributed by atoms with E-state index in [4.69, 9.17) is 9.47 Å². The van der Waals surface area contributed by atoms with Crippen LogP contribution in [0.4, 0.5) is 0 Å². The number of hydrogen-bond donors (Lipinski definition) is 0. The fourth-order valence-electron chi connectivity index (χ4n) is 2.88. The van der Waals surface area contributed by atoms with Gasteiger partial charge in [0.05, 0.1) is 13.2 Å². The van der Waals surface area contributed by atoms with Crippen molar-refractivity contribution in [2.75, 3.05) is 39.5 Å². The van der Waals surface area contributed by atoms with Gasteiger partial charge in [0, 0.05) is 6.42 Å². The van der Waals surface area contributed by atoms with Crippen molar-refractivity contribution < 1.29 is 18.9 Å². The Bertz CT molecular complexity index is 303. The number of nitrogens with zero attached hydrogens (tertiary/aromatic N) is 1. The number of rotatable bonds is 13. The summed E-state index contributed by atoms with van der Waals surface area (Å²) in [6, 6.07) is 0. The molecule has 1 fully saturated rings. The van der Waals surface area contributed by atoms with Gasteiger partial charge >= 0.3 is 5.97 Å². The minimum absolute atomic E-state index is 0.159. The van der Waals surface area contributed by atoms with Gasteiger partial charge in [-0.1, -0.05) is 58.3 Å². The van der Waals surface area contributed by atoms with Crippen LogP contribution >= 0.6 is 0 Å². The van der Waals surface area contributed by atoms with Crippen LogP contribution in [0.3, 0.4) is 0 Å². The Hall–Kier alpha value is -0.650. The Morgan fingerprint density at radius 3 is 2.17 bits per heavy atom. The van der Waals surface area contributed by atoms with E-state index in [9.17, 15) is 10.0 Å². The molecule has 1 heterocycles. The fourth-order valence-corrected chi connectivity index (χ4v) is 2.88. The molecule has 0 amide bonds. The van der Waals surface area contributed by atoms with E-state index in [2.05, 4.69) is 6.92 Å². The third-order valence-corrected chi connectivity index (χ3v) is 4.53. The molecular weight excluding hydrogens is 294 g/mol. The van der Waals surface area contributed by atoms with Crippen LogP contribution in [0.1, 0.15) is 71.1 Å². The average Bonchev–Trinajstić information content (AvgIpc) is 2.54. The molecule has 136 valence electrons. The topological polar surface area (TPSA) is 58.6 Å². The molecule has 5 nitrogen and oxygen atoms in total. The minimum Gasteiger partial charge on any atom is -0.633 e. The summed E-state index contributed by atoms with van der Waals surface area (Å²) in [6.07, 6.45) is 11.6. The lowest BCUT2D eigenvalue weighted by Gasteiger charge is -2.44. The van der Waals surface area contributed by atoms with Gasteiger partial charge in [-0.25, -0.2) is 0 Å². The van der Waals surface area contributed by atoms with Crippen molar-refractivity contribution in [3.63, 3.8) is 0 Å². The lowest BCUT2D eigenvalue weighted by atomic mass is 10.1. The zero-order valence-electron chi connectivity index (χ0n) is 14.9. The summed E-state index contributed by atoms with van der Waals surface area (Å²) in [5, 5.41) is 12.2. The Balaban J connectivity index is 1.88. The molecule has 1 rings (SSSR count). The molecule has 0 N–H and O–H groups in total. The maximum Gasteiger partial charge on any atom is 0.305 e. The molecule has 0 aromatic rings. The van der Waals surface area contributed by atoms with Crippen LogP contribution < -0.4 is 0 Å². The maximum atomic E-state index is 12.2. The highest BCUT2D eigenvalue weighted by atomic mass is 16.6. The number of quaternary nitrogens is 1. The van der Waals surface area contributed by atoms with Crippen molar-refractivity contribution in [2.24, 2.45) is 0 Å². The van der Waals surface area contributed by atoms with E-state index in [1.807, 2.05) is 0 Å². The van der Waals surface area contributed by atoms with Crippen LogP contribution in [0.15, 0.2) is 0 Å². The van der Waals surface area contributed by atoms with Crippen LogP contribution in [0, 0.1) is 5.21 Å². The van der Waals surface area contributed by atoms with Gasteiger partial charge in [-0.15, -0.1) is 0 Å². The van der Waals surface area contributed by atoms with Crippen molar-refractivity contribution in [2.45, 2.75) is 71.1 Å². The number of unbranched alkanes of at least 4 members (excludes halogenated alkanes) is 8. The molecule has 0 radical (unpaired) electrons. The zero-order valence-corrected chi connectivity index (χ0v) is 14.9. The third-order valence-electron chi connectivity index (χ3n) is 4.53. The first-order chi connectivity index (χ1) is 11.2. The van der Waals surface area contributed by atoms with E-state index < -0.39 is 0 Å². The third kappa shape index (κ3) is 10.7. The average molecular weight is 329 g/mol. The van der Waals surface area contributed by atoms with Crippen LogP contribution in [0.2, 0.25) is 0 Å². The van der Waals surface area contributed by atoms with E-state index in [1.54, 1.807) is 0 Å². The largest absolute Gasteiger partial charge is 0.633 e. The molecule has 0 atom stereocenters. The van der Waals surface area contributed by atoms with Gasteiger partial charge in [0.15, 0.2) is 0 Å². The Kier molecular flexibility index (Phi) is 11.3. The lowest BCUT2D eigenvalue weighted by molar-refractivity contribution is -0.888. The van der Waals surface area contributed by atoms with Gasteiger partial charge in [0.25, 0.3) is 0 Å². The lowest BCUT2D eigenvalue weighted by Crippen LogP contribution is -2.52. The van der Waals surface area contributed by atoms with Gasteiger partial charge in [-0.2, -0.15) is 0 Å². The quantitative estimate of drug-likeness (QED) is 0.223. The molecule has 0 unspecified atom stereocenters. The highest BCUT2D eigenvalue weighted by molar-refractivity contribution is 5.69.